The zero-order valence-electron chi connectivity index (χ0n) is 14.3. The van der Waals surface area contributed by atoms with Crippen LogP contribution in [0.3, 0.4) is 0 Å². The van der Waals surface area contributed by atoms with E-state index in [1.807, 2.05) is 36.9 Å². The molecular formula is C18H24N2O3. The number of benzene rings is 1. The lowest BCUT2D eigenvalue weighted by Gasteiger charge is -2.24. The molecule has 5 nitrogen and oxygen atoms in total. The molecule has 5 heteroatoms. The van der Waals surface area contributed by atoms with E-state index in [-0.39, 0.29) is 11.8 Å². The van der Waals surface area contributed by atoms with E-state index in [0.29, 0.717) is 31.8 Å². The van der Waals surface area contributed by atoms with Crippen LogP contribution in [0.4, 0.5) is 5.69 Å². The van der Waals surface area contributed by atoms with Gasteiger partial charge in [0.1, 0.15) is 5.75 Å². The molecule has 124 valence electrons. The molecule has 0 bridgehead atoms. The summed E-state index contributed by atoms with van der Waals surface area (Å²) >= 11 is 0. The lowest BCUT2D eigenvalue weighted by Crippen LogP contribution is -2.42. The number of methoxy groups -OCH3 is 1. The molecule has 2 amide bonds. The molecule has 1 aromatic rings. The summed E-state index contributed by atoms with van der Waals surface area (Å²) in [5, 5.41) is 0. The van der Waals surface area contributed by atoms with E-state index >= 15 is 0 Å². The van der Waals surface area contributed by atoms with Crippen molar-refractivity contribution in [3.05, 3.63) is 23.8 Å². The number of carbonyl (C=O) groups is 2. The Morgan fingerprint density at radius 1 is 1.39 bits per heavy atom. The van der Waals surface area contributed by atoms with Crippen LogP contribution < -0.4 is 9.64 Å². The Balaban J connectivity index is 1.94. The molecule has 0 radical (unpaired) electrons. The third-order valence-electron chi connectivity index (χ3n) is 5.00. The number of likely N-dealkylation sites (tertiary alicyclic amines) is 1. The third kappa shape index (κ3) is 2.38. The summed E-state index contributed by atoms with van der Waals surface area (Å²) in [6.07, 6.45) is 1.21. The van der Waals surface area contributed by atoms with Crippen molar-refractivity contribution in [3.8, 4) is 5.75 Å². The number of hydrogen-bond acceptors (Lipinski definition) is 3. The molecule has 0 N–H and O–H groups in total. The van der Waals surface area contributed by atoms with E-state index in [0.717, 1.165) is 17.0 Å². The van der Waals surface area contributed by atoms with Gasteiger partial charge in [-0.1, -0.05) is 13.8 Å². The van der Waals surface area contributed by atoms with Gasteiger partial charge in [0.25, 0.3) is 0 Å². The minimum absolute atomic E-state index is 0.0839. The van der Waals surface area contributed by atoms with Crippen molar-refractivity contribution in [2.24, 2.45) is 5.92 Å². The minimum Gasteiger partial charge on any atom is -0.497 e. The molecule has 0 aliphatic carbocycles. The van der Waals surface area contributed by atoms with Crippen molar-refractivity contribution in [1.29, 1.82) is 0 Å². The first-order valence-corrected chi connectivity index (χ1v) is 8.13. The van der Waals surface area contributed by atoms with Crippen LogP contribution in [0.1, 0.15) is 32.3 Å². The fraction of sp³-hybridized carbons (Fsp3) is 0.556. The number of likely N-dealkylation sites (N-methyl/N-ethyl adjacent to an activating group) is 1. The normalized spacial score (nSPS) is 23.1. The van der Waals surface area contributed by atoms with E-state index < -0.39 is 5.41 Å². The van der Waals surface area contributed by atoms with Crippen molar-refractivity contribution < 1.29 is 14.3 Å². The van der Waals surface area contributed by atoms with Crippen LogP contribution in [0, 0.1) is 5.92 Å². The number of nitrogens with zero attached hydrogens (tertiary/aromatic N) is 2. The molecule has 2 heterocycles. The van der Waals surface area contributed by atoms with Crippen LogP contribution in [-0.4, -0.2) is 44.0 Å². The summed E-state index contributed by atoms with van der Waals surface area (Å²) in [4.78, 5) is 28.9. The highest BCUT2D eigenvalue weighted by Gasteiger charge is 2.54. The van der Waals surface area contributed by atoms with E-state index in [1.54, 1.807) is 19.1 Å². The van der Waals surface area contributed by atoms with Gasteiger partial charge in [-0.2, -0.15) is 0 Å². The van der Waals surface area contributed by atoms with Crippen LogP contribution in [-0.2, 0) is 15.0 Å². The quantitative estimate of drug-likeness (QED) is 0.859. The van der Waals surface area contributed by atoms with Gasteiger partial charge in [-0.05, 0) is 36.1 Å². The van der Waals surface area contributed by atoms with Crippen molar-refractivity contribution in [1.82, 2.24) is 4.90 Å². The summed E-state index contributed by atoms with van der Waals surface area (Å²) in [6.45, 7) is 5.19. The monoisotopic (exact) mass is 316 g/mol. The van der Waals surface area contributed by atoms with Gasteiger partial charge in [-0.3, -0.25) is 9.59 Å². The molecule has 3 rings (SSSR count). The van der Waals surface area contributed by atoms with E-state index in [9.17, 15) is 9.59 Å². The van der Waals surface area contributed by atoms with Crippen LogP contribution in [0.5, 0.6) is 5.75 Å². The van der Waals surface area contributed by atoms with Crippen LogP contribution in [0.15, 0.2) is 18.2 Å². The maximum Gasteiger partial charge on any atom is 0.239 e. The first-order chi connectivity index (χ1) is 10.9. The minimum atomic E-state index is -0.606. The van der Waals surface area contributed by atoms with Crippen molar-refractivity contribution in [2.45, 2.75) is 32.1 Å². The zero-order valence-corrected chi connectivity index (χ0v) is 14.3. The predicted molar refractivity (Wildman–Crippen MR) is 88.7 cm³/mol. The molecular weight excluding hydrogens is 292 g/mol. The Bertz CT molecular complexity index is 656. The second-order valence-corrected chi connectivity index (χ2v) is 6.99. The van der Waals surface area contributed by atoms with Crippen LogP contribution in [0.25, 0.3) is 0 Å². The van der Waals surface area contributed by atoms with E-state index in [4.69, 9.17) is 4.74 Å². The second-order valence-electron chi connectivity index (χ2n) is 6.99. The summed E-state index contributed by atoms with van der Waals surface area (Å²) in [7, 11) is 3.43. The Morgan fingerprint density at radius 3 is 2.78 bits per heavy atom. The molecule has 1 aromatic carbocycles. The molecule has 0 aromatic heterocycles. The summed E-state index contributed by atoms with van der Waals surface area (Å²) in [5.74, 6) is 1.30. The molecule has 2 aliphatic rings. The van der Waals surface area contributed by atoms with Gasteiger partial charge >= 0.3 is 0 Å². The van der Waals surface area contributed by atoms with Gasteiger partial charge in [-0.15, -0.1) is 0 Å². The number of ether oxygens (including phenoxy) is 1. The van der Waals surface area contributed by atoms with Crippen LogP contribution in [0.2, 0.25) is 0 Å². The predicted octanol–water partition coefficient (Wildman–Crippen LogP) is 2.19. The van der Waals surface area contributed by atoms with Crippen LogP contribution >= 0.6 is 0 Å². The molecule has 1 unspecified atom stereocenters. The van der Waals surface area contributed by atoms with Gasteiger partial charge in [0.15, 0.2) is 0 Å². The largest absolute Gasteiger partial charge is 0.497 e. The molecule has 1 atom stereocenters. The number of hydrogen-bond donors (Lipinski definition) is 0. The van der Waals surface area contributed by atoms with Gasteiger partial charge in [-0.25, -0.2) is 0 Å². The second kappa shape index (κ2) is 5.55. The number of rotatable bonds is 3. The Hall–Kier alpha value is -2.04. The topological polar surface area (TPSA) is 49.9 Å². The van der Waals surface area contributed by atoms with Gasteiger partial charge in [0.2, 0.25) is 11.8 Å². The van der Waals surface area contributed by atoms with Crippen molar-refractivity contribution in [2.75, 3.05) is 32.1 Å². The molecule has 0 saturated carbocycles. The highest BCUT2D eigenvalue weighted by atomic mass is 16.5. The Morgan fingerprint density at radius 2 is 2.13 bits per heavy atom. The average Bonchev–Trinajstić information content (AvgIpc) is 3.05. The van der Waals surface area contributed by atoms with Crippen molar-refractivity contribution in [3.63, 3.8) is 0 Å². The van der Waals surface area contributed by atoms with Gasteiger partial charge in [0, 0.05) is 32.2 Å². The number of amides is 2. The fourth-order valence-electron chi connectivity index (χ4n) is 3.76. The molecule has 1 fully saturated rings. The van der Waals surface area contributed by atoms with Gasteiger partial charge < -0.3 is 14.5 Å². The zero-order chi connectivity index (χ0) is 16.8. The fourth-order valence-corrected chi connectivity index (χ4v) is 3.76. The molecule has 2 aliphatic heterocycles. The SMILES string of the molecule is COc1ccc2c(c1)C1(CCN(C(=O)CC(C)C)C1)C(=O)N2C. The summed E-state index contributed by atoms with van der Waals surface area (Å²) < 4.78 is 5.33. The Labute approximate surface area is 137 Å². The molecule has 1 saturated heterocycles. The first-order valence-electron chi connectivity index (χ1n) is 8.13. The number of anilines is 1. The molecule has 1 spiro atoms. The van der Waals surface area contributed by atoms with Gasteiger partial charge in [0.05, 0.1) is 12.5 Å². The maximum atomic E-state index is 12.9. The van der Waals surface area contributed by atoms with E-state index in [1.165, 1.54) is 0 Å². The highest BCUT2D eigenvalue weighted by molar-refractivity contribution is 6.08. The average molecular weight is 316 g/mol. The smallest absolute Gasteiger partial charge is 0.239 e. The lowest BCUT2D eigenvalue weighted by molar-refractivity contribution is -0.131. The maximum absolute atomic E-state index is 12.9. The third-order valence-corrected chi connectivity index (χ3v) is 5.00. The molecule has 23 heavy (non-hydrogen) atoms. The standard InChI is InChI=1S/C18H24N2O3/c1-12(2)9-16(21)20-8-7-18(11-20)14-10-13(23-4)5-6-15(14)19(3)17(18)22/h5-6,10,12H,7-9,11H2,1-4H3. The Kier molecular flexibility index (Phi) is 3.82. The lowest BCUT2D eigenvalue weighted by atomic mass is 9.81. The summed E-state index contributed by atoms with van der Waals surface area (Å²) in [5.41, 5.74) is 1.31. The van der Waals surface area contributed by atoms with Crippen molar-refractivity contribution >= 4 is 17.5 Å². The van der Waals surface area contributed by atoms with E-state index in [2.05, 4.69) is 0 Å². The number of carbonyl (C=O) groups excluding carboxylic acids is 2. The number of fused-ring (bicyclic) bond motifs is 2. The first kappa shape index (κ1) is 15.8. The highest BCUT2D eigenvalue weighted by Crippen LogP contribution is 2.48. The summed E-state index contributed by atoms with van der Waals surface area (Å²) in [6, 6.07) is 5.75.